The fourth-order valence-corrected chi connectivity index (χ4v) is 7.44. The van der Waals surface area contributed by atoms with Gasteiger partial charge >= 0.3 is 18.3 Å². The summed E-state index contributed by atoms with van der Waals surface area (Å²) in [6, 6.07) is 10.9. The summed E-state index contributed by atoms with van der Waals surface area (Å²) in [6.45, 7) is 8.60. The van der Waals surface area contributed by atoms with Crippen LogP contribution < -0.4 is 10.6 Å². The van der Waals surface area contributed by atoms with Crippen LogP contribution in [0.25, 0.3) is 22.3 Å². The fourth-order valence-electron chi connectivity index (χ4n) is 7.44. The number of benzene rings is 2. The quantitative estimate of drug-likeness (QED) is 0.135. The molecular formula is C42H51N9O8. The highest BCUT2D eigenvalue weighted by Crippen LogP contribution is 2.33. The monoisotopic (exact) mass is 809 g/mol. The maximum atomic E-state index is 13.9. The zero-order valence-electron chi connectivity index (χ0n) is 34.3. The van der Waals surface area contributed by atoms with Gasteiger partial charge in [0.05, 0.1) is 56.8 Å². The number of H-pyrrole nitrogens is 2. The summed E-state index contributed by atoms with van der Waals surface area (Å²) in [6.07, 6.45) is 1.38. The minimum atomic E-state index is -0.849. The zero-order chi connectivity index (χ0) is 42.4. The van der Waals surface area contributed by atoms with E-state index in [0.717, 1.165) is 40.6 Å². The Morgan fingerprint density at radius 2 is 1.36 bits per heavy atom. The second kappa shape index (κ2) is 18.3. The van der Waals surface area contributed by atoms with E-state index < -0.39 is 36.4 Å². The molecule has 0 bridgehead atoms. The fraction of sp³-hybridized carbons (Fsp3) is 0.452. The number of likely N-dealkylation sites (tertiary alicyclic amines) is 1. The third kappa shape index (κ3) is 9.43. The average molecular weight is 810 g/mol. The number of alkyl carbamates (subject to hydrolysis) is 2. The van der Waals surface area contributed by atoms with Crippen molar-refractivity contribution in [2.45, 2.75) is 64.7 Å². The van der Waals surface area contributed by atoms with Crippen LogP contribution in [0, 0.1) is 23.7 Å². The summed E-state index contributed by atoms with van der Waals surface area (Å²) < 4.78 is 14.5. The number of amides is 5. The Morgan fingerprint density at radius 1 is 0.746 bits per heavy atom. The molecule has 4 aromatic rings. The molecule has 0 radical (unpaired) electrons. The average Bonchev–Trinajstić information content (AvgIpc) is 4.03. The van der Waals surface area contributed by atoms with E-state index in [9.17, 15) is 24.0 Å². The van der Waals surface area contributed by atoms with Crippen LogP contribution in [0.5, 0.6) is 0 Å². The molecule has 5 amide bonds. The molecule has 2 aromatic carbocycles. The van der Waals surface area contributed by atoms with Crippen molar-refractivity contribution < 1.29 is 38.2 Å². The molecule has 4 atom stereocenters. The number of nitrogens with one attached hydrogen (secondary N) is 4. The standard InChI is InChI=1S/C42H51N9O8/c1-24(2)34(47-40(54)57-5)38(52)50-18-8-9-32(50)37-44-29-17-14-27(21-30(29)45-37)11-10-26-12-15-28(16-13-26)31-22-43-36(46-31)33-23-49(42(56)59-7)19-20-51(33)39(53)35(25(3)4)48-41(55)58-6/h12-17,21-22,24-25,32-35H,8-9,18-20,23H2,1-7H3,(H,43,46)(H,44,45)(H,47,54)(H,48,55)/t32-,33-,34-,35-/m0/s1. The first-order valence-electron chi connectivity index (χ1n) is 19.6. The lowest BCUT2D eigenvalue weighted by molar-refractivity contribution is -0.139. The lowest BCUT2D eigenvalue weighted by atomic mass is 10.0. The van der Waals surface area contributed by atoms with Crippen molar-refractivity contribution in [3.63, 3.8) is 0 Å². The van der Waals surface area contributed by atoms with Crippen LogP contribution in [0.3, 0.4) is 0 Å². The predicted molar refractivity (Wildman–Crippen MR) is 217 cm³/mol. The number of aromatic amines is 2. The first kappa shape index (κ1) is 42.0. The normalized spacial score (nSPS) is 17.6. The third-order valence-corrected chi connectivity index (χ3v) is 10.7. The molecule has 4 N–H and O–H groups in total. The number of ether oxygens (including phenoxy) is 3. The van der Waals surface area contributed by atoms with Gasteiger partial charge in [-0.2, -0.15) is 0 Å². The lowest BCUT2D eigenvalue weighted by Gasteiger charge is -2.41. The van der Waals surface area contributed by atoms with Crippen LogP contribution >= 0.6 is 0 Å². The highest BCUT2D eigenvalue weighted by Gasteiger charge is 2.40. The second-order valence-electron chi connectivity index (χ2n) is 15.2. The highest BCUT2D eigenvalue weighted by atomic mass is 16.5. The van der Waals surface area contributed by atoms with Gasteiger partial charge in [-0.1, -0.05) is 51.7 Å². The van der Waals surface area contributed by atoms with Crippen molar-refractivity contribution >= 4 is 41.1 Å². The van der Waals surface area contributed by atoms with Gasteiger partial charge in [-0.15, -0.1) is 0 Å². The van der Waals surface area contributed by atoms with Gasteiger partial charge in [-0.3, -0.25) is 9.59 Å². The molecule has 17 nitrogen and oxygen atoms in total. The van der Waals surface area contributed by atoms with Crippen molar-refractivity contribution in [1.82, 2.24) is 45.3 Å². The molecule has 312 valence electrons. The number of piperazine rings is 1. The highest BCUT2D eigenvalue weighted by molar-refractivity contribution is 5.87. The van der Waals surface area contributed by atoms with E-state index in [1.165, 1.54) is 26.2 Å². The maximum absolute atomic E-state index is 13.9. The molecule has 4 heterocycles. The van der Waals surface area contributed by atoms with Crippen LogP contribution in [0.1, 0.15) is 75.4 Å². The minimum absolute atomic E-state index is 0.129. The largest absolute Gasteiger partial charge is 0.453 e. The maximum Gasteiger partial charge on any atom is 0.409 e. The Kier molecular flexibility index (Phi) is 13.1. The van der Waals surface area contributed by atoms with E-state index in [2.05, 4.69) is 37.4 Å². The van der Waals surface area contributed by atoms with Gasteiger partial charge in [0.1, 0.15) is 29.8 Å². The number of fused-ring (bicyclic) bond motifs is 1. The van der Waals surface area contributed by atoms with Gasteiger partial charge < -0.3 is 49.5 Å². The number of imidazole rings is 2. The Bertz CT molecular complexity index is 2240. The molecule has 2 aromatic heterocycles. The number of carbonyl (C=O) groups is 5. The first-order valence-corrected chi connectivity index (χ1v) is 19.6. The van der Waals surface area contributed by atoms with Crippen molar-refractivity contribution in [1.29, 1.82) is 0 Å². The smallest absolute Gasteiger partial charge is 0.409 e. The zero-order valence-corrected chi connectivity index (χ0v) is 34.3. The molecule has 0 spiro atoms. The lowest BCUT2D eigenvalue weighted by Crippen LogP contribution is -2.58. The van der Waals surface area contributed by atoms with Gasteiger partial charge in [0.15, 0.2) is 0 Å². The van der Waals surface area contributed by atoms with E-state index in [1.54, 1.807) is 16.0 Å². The molecule has 2 aliphatic heterocycles. The summed E-state index contributed by atoms with van der Waals surface area (Å²) in [7, 11) is 3.83. The number of nitrogens with zero attached hydrogens (tertiary/aromatic N) is 5. The van der Waals surface area contributed by atoms with Gasteiger partial charge in [0, 0.05) is 30.8 Å². The molecule has 2 fully saturated rings. The van der Waals surface area contributed by atoms with Crippen molar-refractivity contribution in [3.8, 4) is 23.1 Å². The van der Waals surface area contributed by atoms with E-state index in [4.69, 9.17) is 19.2 Å². The molecule has 59 heavy (non-hydrogen) atoms. The SMILES string of the molecule is COC(=O)N[C@H](C(=O)N1CCN(C(=O)OC)C[C@H]1c1ncc(-c2ccc(C#Cc3ccc4nc([C@@H]5CCCN5C(=O)[C@@H](NC(=O)OC)C(C)C)[nH]c4c3)cc2)[nH]1)C(C)C. The van der Waals surface area contributed by atoms with Crippen molar-refractivity contribution in [3.05, 3.63) is 71.4 Å². The Morgan fingerprint density at radius 3 is 1.97 bits per heavy atom. The number of hydrogen-bond acceptors (Lipinski definition) is 10. The predicted octanol–water partition coefficient (Wildman–Crippen LogP) is 4.73. The number of methoxy groups -OCH3 is 3. The first-order chi connectivity index (χ1) is 28.3. The van der Waals surface area contributed by atoms with Gasteiger partial charge in [0.2, 0.25) is 11.8 Å². The Hall–Kier alpha value is -6.57. The number of hydrogen-bond donors (Lipinski definition) is 4. The second-order valence-corrected chi connectivity index (χ2v) is 15.2. The van der Waals surface area contributed by atoms with E-state index >= 15 is 0 Å². The van der Waals surface area contributed by atoms with Crippen LogP contribution in [-0.4, -0.2) is 124 Å². The van der Waals surface area contributed by atoms with Crippen molar-refractivity contribution in [2.24, 2.45) is 11.8 Å². The van der Waals surface area contributed by atoms with Gasteiger partial charge in [-0.25, -0.2) is 24.4 Å². The Balaban J connectivity index is 1.16. The Labute approximate surface area is 342 Å². The molecule has 0 unspecified atom stereocenters. The molecule has 0 aliphatic carbocycles. The molecule has 2 saturated heterocycles. The number of carbonyl (C=O) groups excluding carboxylic acids is 5. The molecular weight excluding hydrogens is 759 g/mol. The van der Waals surface area contributed by atoms with Crippen LogP contribution in [-0.2, 0) is 23.8 Å². The van der Waals surface area contributed by atoms with E-state index in [0.29, 0.717) is 23.9 Å². The van der Waals surface area contributed by atoms with E-state index in [-0.39, 0.29) is 49.3 Å². The third-order valence-electron chi connectivity index (χ3n) is 10.7. The molecule has 17 heteroatoms. The molecule has 6 rings (SSSR count). The van der Waals surface area contributed by atoms with Crippen LogP contribution in [0.4, 0.5) is 14.4 Å². The summed E-state index contributed by atoms with van der Waals surface area (Å²) >= 11 is 0. The minimum Gasteiger partial charge on any atom is -0.453 e. The number of aromatic nitrogens is 4. The van der Waals surface area contributed by atoms with Crippen molar-refractivity contribution in [2.75, 3.05) is 47.5 Å². The summed E-state index contributed by atoms with van der Waals surface area (Å²) in [4.78, 5) is 85.1. The summed E-state index contributed by atoms with van der Waals surface area (Å²) in [5.41, 5.74) is 4.68. The van der Waals surface area contributed by atoms with Crippen LogP contribution in [0.2, 0.25) is 0 Å². The molecule has 0 saturated carbocycles. The summed E-state index contributed by atoms with van der Waals surface area (Å²) in [5.74, 6) is 6.78. The van der Waals surface area contributed by atoms with Crippen LogP contribution in [0.15, 0.2) is 48.7 Å². The van der Waals surface area contributed by atoms with Gasteiger partial charge in [0.25, 0.3) is 0 Å². The topological polar surface area (TPSA) is 204 Å². The number of rotatable bonds is 9. The summed E-state index contributed by atoms with van der Waals surface area (Å²) in [5, 5.41) is 5.33. The molecule has 2 aliphatic rings. The van der Waals surface area contributed by atoms with E-state index in [1.807, 2.05) is 70.2 Å². The van der Waals surface area contributed by atoms with Gasteiger partial charge in [-0.05, 0) is 60.6 Å².